The highest BCUT2D eigenvalue weighted by Crippen LogP contribution is 2.35. The number of hydrogen-bond donors (Lipinski definition) is 1. The maximum absolute atomic E-state index is 14.0. The van der Waals surface area contributed by atoms with Gasteiger partial charge >= 0.3 is 6.18 Å². The van der Waals surface area contributed by atoms with Crippen LogP contribution in [0.3, 0.4) is 0 Å². The lowest BCUT2D eigenvalue weighted by molar-refractivity contribution is -0.136. The molecule has 1 atom stereocenters. The average molecular weight is 261 g/mol. The molecule has 0 bridgehead atoms. The first kappa shape index (κ1) is 13.2. The van der Waals surface area contributed by atoms with Gasteiger partial charge in [-0.15, -0.1) is 0 Å². The molecule has 0 aliphatic carbocycles. The molecule has 0 saturated heterocycles. The summed E-state index contributed by atoms with van der Waals surface area (Å²) in [6, 6.07) is 5.33. The van der Waals surface area contributed by atoms with Gasteiger partial charge in [-0.2, -0.15) is 13.2 Å². The van der Waals surface area contributed by atoms with E-state index >= 15 is 0 Å². The second-order valence-corrected chi connectivity index (χ2v) is 4.53. The van der Waals surface area contributed by atoms with Crippen molar-refractivity contribution in [2.75, 3.05) is 11.9 Å². The number of para-hydroxylation sites is 1. The number of anilines is 1. The van der Waals surface area contributed by atoms with E-state index in [2.05, 4.69) is 5.32 Å². The van der Waals surface area contributed by atoms with Crippen molar-refractivity contribution in [2.24, 2.45) is 0 Å². The Labute approximate surface area is 103 Å². The Kier molecular flexibility index (Phi) is 3.78. The molecule has 0 saturated carbocycles. The van der Waals surface area contributed by atoms with Gasteiger partial charge in [0, 0.05) is 24.2 Å². The minimum atomic E-state index is -4.20. The van der Waals surface area contributed by atoms with Gasteiger partial charge in [0.2, 0.25) is 0 Å². The summed E-state index contributed by atoms with van der Waals surface area (Å²) in [7, 11) is 0. The second-order valence-electron chi connectivity index (χ2n) is 4.53. The molecule has 0 fully saturated rings. The number of fused-ring (bicyclic) bond motifs is 1. The molecule has 1 aromatic rings. The third-order valence-electron chi connectivity index (χ3n) is 3.13. The van der Waals surface area contributed by atoms with Gasteiger partial charge in [0.25, 0.3) is 0 Å². The van der Waals surface area contributed by atoms with Crippen LogP contribution in [-0.2, 0) is 6.42 Å². The molecule has 0 radical (unpaired) electrons. The third-order valence-corrected chi connectivity index (χ3v) is 3.13. The molecule has 18 heavy (non-hydrogen) atoms. The van der Waals surface area contributed by atoms with Gasteiger partial charge in [0.1, 0.15) is 6.17 Å². The molecule has 1 aliphatic heterocycles. The van der Waals surface area contributed by atoms with E-state index in [0.29, 0.717) is 5.56 Å². The Bertz CT molecular complexity index is 414. The molecule has 100 valence electrons. The molecule has 1 unspecified atom stereocenters. The fourth-order valence-electron chi connectivity index (χ4n) is 2.26. The lowest BCUT2D eigenvalue weighted by atomic mass is 10.0. The van der Waals surface area contributed by atoms with Crippen LogP contribution in [-0.4, -0.2) is 12.7 Å². The van der Waals surface area contributed by atoms with Crippen molar-refractivity contribution in [1.29, 1.82) is 0 Å². The lowest BCUT2D eigenvalue weighted by Crippen LogP contribution is -2.07. The standard InChI is InChI=1S/C13H15F4N/c14-11(5-2-7-13(15,16)17)10-4-1-3-9-6-8-18-12(9)10/h1,3-4,11,18H,2,5-8H2. The average Bonchev–Trinajstić information content (AvgIpc) is 2.74. The molecule has 1 aliphatic rings. The molecule has 2 rings (SSSR count). The largest absolute Gasteiger partial charge is 0.389 e. The molecule has 0 spiro atoms. The minimum absolute atomic E-state index is 0.0857. The fraction of sp³-hybridized carbons (Fsp3) is 0.538. The van der Waals surface area contributed by atoms with Crippen LogP contribution >= 0.6 is 0 Å². The van der Waals surface area contributed by atoms with Crippen LogP contribution in [0.5, 0.6) is 0 Å². The maximum atomic E-state index is 14.0. The summed E-state index contributed by atoms with van der Waals surface area (Å²) in [5.41, 5.74) is 2.31. The summed E-state index contributed by atoms with van der Waals surface area (Å²) in [5, 5.41) is 3.09. The van der Waals surface area contributed by atoms with E-state index < -0.39 is 18.8 Å². The zero-order chi connectivity index (χ0) is 13.2. The first-order chi connectivity index (χ1) is 8.47. The summed E-state index contributed by atoms with van der Waals surface area (Å²) in [4.78, 5) is 0. The van der Waals surface area contributed by atoms with Crippen molar-refractivity contribution in [3.63, 3.8) is 0 Å². The quantitative estimate of drug-likeness (QED) is 0.792. The maximum Gasteiger partial charge on any atom is 0.389 e. The van der Waals surface area contributed by atoms with E-state index in [1.807, 2.05) is 6.07 Å². The monoisotopic (exact) mass is 261 g/mol. The van der Waals surface area contributed by atoms with Gasteiger partial charge in [0.05, 0.1) is 0 Å². The predicted octanol–water partition coefficient (Wildman–Crippen LogP) is 4.40. The van der Waals surface area contributed by atoms with Crippen molar-refractivity contribution in [3.8, 4) is 0 Å². The molecule has 1 nitrogen and oxygen atoms in total. The topological polar surface area (TPSA) is 12.0 Å². The minimum Gasteiger partial charge on any atom is -0.384 e. The molecular formula is C13H15F4N. The smallest absolute Gasteiger partial charge is 0.384 e. The highest BCUT2D eigenvalue weighted by Gasteiger charge is 2.27. The Morgan fingerprint density at radius 3 is 2.78 bits per heavy atom. The zero-order valence-electron chi connectivity index (χ0n) is 9.86. The Morgan fingerprint density at radius 1 is 1.28 bits per heavy atom. The molecule has 1 aromatic carbocycles. The number of rotatable bonds is 4. The van der Waals surface area contributed by atoms with Crippen molar-refractivity contribution in [1.82, 2.24) is 0 Å². The molecule has 5 heteroatoms. The molecular weight excluding hydrogens is 246 g/mol. The van der Waals surface area contributed by atoms with Crippen molar-refractivity contribution >= 4 is 5.69 Å². The highest BCUT2D eigenvalue weighted by molar-refractivity contribution is 5.61. The molecule has 0 aromatic heterocycles. The normalized spacial score (nSPS) is 16.2. The fourth-order valence-corrected chi connectivity index (χ4v) is 2.26. The van der Waals surface area contributed by atoms with Gasteiger partial charge in [-0.25, -0.2) is 4.39 Å². The first-order valence-electron chi connectivity index (χ1n) is 6.04. The van der Waals surface area contributed by atoms with E-state index in [1.54, 1.807) is 12.1 Å². The summed E-state index contributed by atoms with van der Waals surface area (Å²) in [5.74, 6) is 0. The SMILES string of the molecule is FC(CCCC(F)(F)F)c1cccc2c1NCC2. The van der Waals surface area contributed by atoms with E-state index in [9.17, 15) is 17.6 Å². The number of halogens is 4. The van der Waals surface area contributed by atoms with Crippen molar-refractivity contribution < 1.29 is 17.6 Å². The van der Waals surface area contributed by atoms with E-state index in [0.717, 1.165) is 24.2 Å². The Morgan fingerprint density at radius 2 is 2.06 bits per heavy atom. The third kappa shape index (κ3) is 3.15. The van der Waals surface area contributed by atoms with Gasteiger partial charge in [-0.05, 0) is 24.8 Å². The van der Waals surface area contributed by atoms with Crippen molar-refractivity contribution in [2.45, 2.75) is 38.0 Å². The highest BCUT2D eigenvalue weighted by atomic mass is 19.4. The first-order valence-corrected chi connectivity index (χ1v) is 6.04. The van der Waals surface area contributed by atoms with Crippen LogP contribution in [0.4, 0.5) is 23.2 Å². The van der Waals surface area contributed by atoms with Gasteiger partial charge < -0.3 is 5.32 Å². The molecule has 1 N–H and O–H groups in total. The van der Waals surface area contributed by atoms with Crippen LogP contribution in [0.25, 0.3) is 0 Å². The summed E-state index contributed by atoms with van der Waals surface area (Å²) < 4.78 is 49.9. The van der Waals surface area contributed by atoms with E-state index in [1.165, 1.54) is 0 Å². The van der Waals surface area contributed by atoms with Gasteiger partial charge in [0.15, 0.2) is 0 Å². The van der Waals surface area contributed by atoms with E-state index in [-0.39, 0.29) is 12.8 Å². The summed E-state index contributed by atoms with van der Waals surface area (Å²) in [6.07, 6.45) is -5.86. The molecule has 0 amide bonds. The molecule has 1 heterocycles. The van der Waals surface area contributed by atoms with Crippen LogP contribution in [0.1, 0.15) is 36.6 Å². The van der Waals surface area contributed by atoms with Crippen LogP contribution in [0.2, 0.25) is 0 Å². The van der Waals surface area contributed by atoms with Crippen LogP contribution in [0, 0.1) is 0 Å². The van der Waals surface area contributed by atoms with Gasteiger partial charge in [-0.1, -0.05) is 18.2 Å². The van der Waals surface area contributed by atoms with E-state index in [4.69, 9.17) is 0 Å². The summed E-state index contributed by atoms with van der Waals surface area (Å²) >= 11 is 0. The number of hydrogen-bond acceptors (Lipinski definition) is 1. The summed E-state index contributed by atoms with van der Waals surface area (Å²) in [6.45, 7) is 0.765. The number of benzene rings is 1. The lowest BCUT2D eigenvalue weighted by Gasteiger charge is -2.14. The van der Waals surface area contributed by atoms with Gasteiger partial charge in [-0.3, -0.25) is 0 Å². The number of nitrogens with one attached hydrogen (secondary N) is 1. The Balaban J connectivity index is 1.97. The second kappa shape index (κ2) is 5.16. The Hall–Kier alpha value is -1.26. The predicted molar refractivity (Wildman–Crippen MR) is 62.4 cm³/mol. The van der Waals surface area contributed by atoms with Crippen LogP contribution in [0.15, 0.2) is 18.2 Å². The van der Waals surface area contributed by atoms with Crippen molar-refractivity contribution in [3.05, 3.63) is 29.3 Å². The zero-order valence-corrected chi connectivity index (χ0v) is 9.86. The van der Waals surface area contributed by atoms with Crippen LogP contribution < -0.4 is 5.32 Å². The number of alkyl halides is 4.